The van der Waals surface area contributed by atoms with E-state index in [0.29, 0.717) is 47.3 Å². The fraction of sp³-hybridized carbons (Fsp3) is 0.167. The van der Waals surface area contributed by atoms with Crippen LogP contribution in [0, 0.1) is 5.82 Å². The molecule has 6 nitrogen and oxygen atoms in total. The van der Waals surface area contributed by atoms with Gasteiger partial charge in [0, 0.05) is 5.56 Å². The summed E-state index contributed by atoms with van der Waals surface area (Å²) in [6.07, 6.45) is 2.28. The molecule has 1 aromatic heterocycles. The number of ether oxygens (including phenoxy) is 2. The van der Waals surface area contributed by atoms with Gasteiger partial charge in [0.2, 0.25) is 0 Å². The second kappa shape index (κ2) is 12.0. The van der Waals surface area contributed by atoms with Gasteiger partial charge in [-0.05, 0) is 73.7 Å². The molecule has 0 fully saturated rings. The Balaban J connectivity index is 1.57. The number of thiazole rings is 1. The standard InChI is InChI=1S/C30H23Br2FN2O4S/c1-3-23-25(29(37)38-2)26(18-9-5-4-6-10-18)35-28(36)24(40-30(35)34-23)15-17-13-20(31)27(21(32)14-17)39-16-19-11-7-8-12-22(19)33/h4-15,26H,3,16H2,1-2H3/b24-15-/t26-/m1/s1. The molecule has 204 valence electrons. The number of allylic oxidation sites excluding steroid dienone is 1. The van der Waals surface area contributed by atoms with Crippen molar-refractivity contribution < 1.29 is 18.7 Å². The molecule has 3 aromatic carbocycles. The minimum Gasteiger partial charge on any atom is -0.486 e. The van der Waals surface area contributed by atoms with E-state index in [4.69, 9.17) is 14.5 Å². The topological polar surface area (TPSA) is 69.9 Å². The fourth-order valence-corrected chi connectivity index (χ4v) is 7.00. The van der Waals surface area contributed by atoms with Gasteiger partial charge in [0.1, 0.15) is 18.2 Å². The number of carbonyl (C=O) groups excluding carboxylic acids is 1. The summed E-state index contributed by atoms with van der Waals surface area (Å²) < 4.78 is 28.3. The van der Waals surface area contributed by atoms with Crippen molar-refractivity contribution in [2.45, 2.75) is 26.0 Å². The number of benzene rings is 3. The van der Waals surface area contributed by atoms with Crippen molar-refractivity contribution in [1.29, 1.82) is 0 Å². The molecule has 10 heteroatoms. The molecule has 0 saturated heterocycles. The third-order valence-corrected chi connectivity index (χ3v) is 8.57. The molecule has 1 atom stereocenters. The van der Waals surface area contributed by atoms with Gasteiger partial charge in [-0.3, -0.25) is 9.36 Å². The number of methoxy groups -OCH3 is 1. The summed E-state index contributed by atoms with van der Waals surface area (Å²) in [6, 6.07) is 18.8. The normalized spacial score (nSPS) is 15.0. The highest BCUT2D eigenvalue weighted by molar-refractivity contribution is 9.11. The molecule has 0 saturated carbocycles. The van der Waals surface area contributed by atoms with Crippen molar-refractivity contribution in [2.24, 2.45) is 4.99 Å². The monoisotopic (exact) mass is 684 g/mol. The summed E-state index contributed by atoms with van der Waals surface area (Å²) in [4.78, 5) is 31.9. The van der Waals surface area contributed by atoms with Gasteiger partial charge in [-0.2, -0.15) is 0 Å². The number of nitrogens with zero attached hydrogens (tertiary/aromatic N) is 2. The zero-order valence-corrected chi connectivity index (χ0v) is 25.5. The smallest absolute Gasteiger partial charge is 0.338 e. The van der Waals surface area contributed by atoms with Crippen LogP contribution >= 0.6 is 43.2 Å². The van der Waals surface area contributed by atoms with Crippen LogP contribution in [0.3, 0.4) is 0 Å². The van der Waals surface area contributed by atoms with Gasteiger partial charge in [0.25, 0.3) is 5.56 Å². The van der Waals surface area contributed by atoms with Crippen molar-refractivity contribution in [2.75, 3.05) is 7.11 Å². The first kappa shape index (κ1) is 28.2. The lowest BCUT2D eigenvalue weighted by atomic mass is 9.95. The van der Waals surface area contributed by atoms with Gasteiger partial charge < -0.3 is 9.47 Å². The molecule has 5 rings (SSSR count). The number of rotatable bonds is 7. The SMILES string of the molecule is CCC1=C(C(=O)OC)[C@@H](c2ccccc2)n2c(s/c(=C\c3cc(Br)c(OCc4ccccc4F)c(Br)c3)c2=O)=N1. The van der Waals surface area contributed by atoms with E-state index in [1.54, 1.807) is 28.8 Å². The van der Waals surface area contributed by atoms with Gasteiger partial charge in [-0.15, -0.1) is 0 Å². The van der Waals surface area contributed by atoms with Gasteiger partial charge in [-0.1, -0.05) is 66.8 Å². The predicted molar refractivity (Wildman–Crippen MR) is 159 cm³/mol. The van der Waals surface area contributed by atoms with Crippen LogP contribution in [0.5, 0.6) is 5.75 Å². The van der Waals surface area contributed by atoms with Gasteiger partial charge in [-0.25, -0.2) is 14.2 Å². The van der Waals surface area contributed by atoms with Crippen molar-refractivity contribution >= 4 is 55.2 Å². The predicted octanol–water partition coefficient (Wildman–Crippen LogP) is 6.04. The fourth-order valence-electron chi connectivity index (χ4n) is 4.53. The average molecular weight is 686 g/mol. The van der Waals surface area contributed by atoms with E-state index >= 15 is 0 Å². The highest BCUT2D eigenvalue weighted by atomic mass is 79.9. The lowest BCUT2D eigenvalue weighted by molar-refractivity contribution is -0.136. The maximum Gasteiger partial charge on any atom is 0.338 e. The van der Waals surface area contributed by atoms with E-state index < -0.39 is 12.0 Å². The Morgan fingerprint density at radius 1 is 1.10 bits per heavy atom. The Morgan fingerprint density at radius 2 is 1.77 bits per heavy atom. The maximum absolute atomic E-state index is 14.0. The Morgan fingerprint density at radius 3 is 2.42 bits per heavy atom. The summed E-state index contributed by atoms with van der Waals surface area (Å²) in [5.74, 6) is -0.332. The largest absolute Gasteiger partial charge is 0.486 e. The van der Waals surface area contributed by atoms with Gasteiger partial charge in [0.05, 0.1) is 37.9 Å². The number of fused-ring (bicyclic) bond motifs is 1. The molecule has 40 heavy (non-hydrogen) atoms. The van der Waals surface area contributed by atoms with Crippen LogP contribution in [-0.2, 0) is 16.1 Å². The Hall–Kier alpha value is -3.34. The van der Waals surface area contributed by atoms with Gasteiger partial charge >= 0.3 is 5.97 Å². The number of carbonyl (C=O) groups is 1. The number of hydrogen-bond acceptors (Lipinski definition) is 6. The van der Waals surface area contributed by atoms with E-state index in [1.165, 1.54) is 24.5 Å². The van der Waals surface area contributed by atoms with E-state index in [2.05, 4.69) is 31.9 Å². The number of hydrogen-bond donors (Lipinski definition) is 0. The van der Waals surface area contributed by atoms with Crippen LogP contribution in [0.4, 0.5) is 4.39 Å². The van der Waals surface area contributed by atoms with Crippen molar-refractivity contribution in [3.05, 3.63) is 129 Å². The van der Waals surface area contributed by atoms with Crippen LogP contribution in [0.25, 0.3) is 6.08 Å². The molecule has 1 aliphatic heterocycles. The number of aromatic nitrogens is 1. The van der Waals surface area contributed by atoms with Crippen LogP contribution in [-0.4, -0.2) is 17.6 Å². The number of esters is 1. The van der Waals surface area contributed by atoms with E-state index in [9.17, 15) is 14.0 Å². The molecule has 4 aromatic rings. The van der Waals surface area contributed by atoms with Crippen LogP contribution in [0.15, 0.2) is 96.7 Å². The Kier molecular flexibility index (Phi) is 8.48. The average Bonchev–Trinajstić information content (AvgIpc) is 3.26. The molecule has 0 bridgehead atoms. The van der Waals surface area contributed by atoms with Crippen molar-refractivity contribution in [3.8, 4) is 5.75 Å². The highest BCUT2D eigenvalue weighted by Gasteiger charge is 2.33. The minimum atomic E-state index is -0.658. The molecular weight excluding hydrogens is 663 g/mol. The summed E-state index contributed by atoms with van der Waals surface area (Å²) in [5, 5.41) is 0. The first-order valence-electron chi connectivity index (χ1n) is 12.4. The molecule has 0 amide bonds. The second-order valence-corrected chi connectivity index (χ2v) is 11.6. The summed E-state index contributed by atoms with van der Waals surface area (Å²) in [7, 11) is 1.33. The van der Waals surface area contributed by atoms with Crippen LogP contribution in [0.1, 0.15) is 36.1 Å². The van der Waals surface area contributed by atoms with Crippen LogP contribution < -0.4 is 19.6 Å². The third-order valence-electron chi connectivity index (χ3n) is 6.41. The Bertz CT molecular complexity index is 1790. The first-order valence-corrected chi connectivity index (χ1v) is 14.8. The highest BCUT2D eigenvalue weighted by Crippen LogP contribution is 2.36. The summed E-state index contributed by atoms with van der Waals surface area (Å²) in [5.41, 5.74) is 2.66. The number of halogens is 3. The second-order valence-electron chi connectivity index (χ2n) is 8.89. The molecule has 0 N–H and O–H groups in total. The summed E-state index contributed by atoms with van der Waals surface area (Å²) >= 11 is 8.34. The summed E-state index contributed by atoms with van der Waals surface area (Å²) in [6.45, 7) is 1.98. The zero-order valence-electron chi connectivity index (χ0n) is 21.5. The Labute approximate surface area is 250 Å². The molecule has 2 heterocycles. The van der Waals surface area contributed by atoms with E-state index in [1.807, 2.05) is 49.4 Å². The molecule has 0 unspecified atom stereocenters. The third kappa shape index (κ3) is 5.48. The van der Waals surface area contributed by atoms with E-state index in [0.717, 1.165) is 11.1 Å². The molecule has 0 radical (unpaired) electrons. The maximum atomic E-state index is 14.0. The quantitative estimate of drug-likeness (QED) is 0.223. The van der Waals surface area contributed by atoms with E-state index in [-0.39, 0.29) is 18.0 Å². The van der Waals surface area contributed by atoms with Gasteiger partial charge in [0.15, 0.2) is 4.80 Å². The lowest BCUT2D eigenvalue weighted by Crippen LogP contribution is -2.40. The van der Waals surface area contributed by atoms with Crippen molar-refractivity contribution in [1.82, 2.24) is 4.57 Å². The first-order chi connectivity index (χ1) is 19.3. The lowest BCUT2D eigenvalue weighted by Gasteiger charge is -2.25. The zero-order chi connectivity index (χ0) is 28.4. The molecule has 0 aliphatic carbocycles. The molecular formula is C30H23Br2FN2O4S. The molecule has 1 aliphatic rings. The van der Waals surface area contributed by atoms with Crippen LogP contribution in [0.2, 0.25) is 0 Å². The van der Waals surface area contributed by atoms with Crippen molar-refractivity contribution in [3.63, 3.8) is 0 Å². The minimum absolute atomic E-state index is 0.0591. The molecule has 0 spiro atoms.